The Morgan fingerprint density at radius 3 is 2.52 bits per heavy atom. The molecule has 0 aliphatic heterocycles. The van der Waals surface area contributed by atoms with Gasteiger partial charge < -0.3 is 10.5 Å². The van der Waals surface area contributed by atoms with Gasteiger partial charge in [-0.2, -0.15) is 0 Å². The summed E-state index contributed by atoms with van der Waals surface area (Å²) in [6.45, 7) is 0. The van der Waals surface area contributed by atoms with E-state index in [1.165, 1.54) is 0 Å². The predicted molar refractivity (Wildman–Crippen MR) is 89.1 cm³/mol. The van der Waals surface area contributed by atoms with E-state index in [2.05, 4.69) is 26.8 Å². The summed E-state index contributed by atoms with van der Waals surface area (Å²) in [6, 6.07) is 4.89. The van der Waals surface area contributed by atoms with E-state index < -0.39 is 5.91 Å². The van der Waals surface area contributed by atoms with Crippen LogP contribution in [0.5, 0.6) is 5.75 Å². The summed E-state index contributed by atoms with van der Waals surface area (Å²) >= 11 is 3.35. The summed E-state index contributed by atoms with van der Waals surface area (Å²) in [5.41, 5.74) is 7.53. The molecule has 0 bridgehead atoms. The summed E-state index contributed by atoms with van der Waals surface area (Å²) in [7, 11) is 0. The average molecular weight is 386 g/mol. The van der Waals surface area contributed by atoms with Crippen LogP contribution in [0, 0.1) is 0 Å². The molecule has 5 N–H and O–H groups in total. The van der Waals surface area contributed by atoms with Gasteiger partial charge in [-0.05, 0) is 42.7 Å². The first-order chi connectivity index (χ1) is 11.0. The van der Waals surface area contributed by atoms with Crippen LogP contribution in [0.25, 0.3) is 6.08 Å². The quantitative estimate of drug-likeness (QED) is 0.254. The van der Waals surface area contributed by atoms with Crippen molar-refractivity contribution in [3.8, 4) is 5.75 Å². The van der Waals surface area contributed by atoms with E-state index in [-0.39, 0.29) is 18.1 Å². The van der Waals surface area contributed by atoms with Gasteiger partial charge in [-0.1, -0.05) is 22.4 Å². The number of amides is 2. The second-order valence-corrected chi connectivity index (χ2v) is 5.68. The van der Waals surface area contributed by atoms with Gasteiger partial charge in [0.1, 0.15) is 5.75 Å². The van der Waals surface area contributed by atoms with Crippen molar-refractivity contribution in [1.82, 2.24) is 16.3 Å². The van der Waals surface area contributed by atoms with Gasteiger partial charge >= 0.3 is 0 Å². The van der Waals surface area contributed by atoms with Crippen molar-refractivity contribution < 1.29 is 19.9 Å². The molecule has 1 rings (SSSR count). The van der Waals surface area contributed by atoms with Crippen molar-refractivity contribution in [3.05, 3.63) is 34.4 Å². The number of benzene rings is 1. The molecule has 0 aliphatic carbocycles. The predicted octanol–water partition coefficient (Wildman–Crippen LogP) is 2.20. The van der Waals surface area contributed by atoms with E-state index in [1.54, 1.807) is 36.0 Å². The molecule has 2 amide bonds. The number of halogens is 1. The zero-order valence-electron chi connectivity index (χ0n) is 12.5. The molecule has 0 saturated heterocycles. The Balaban J connectivity index is 2.17. The zero-order chi connectivity index (χ0) is 17.1. The Labute approximate surface area is 142 Å². The van der Waals surface area contributed by atoms with Gasteiger partial charge in [-0.15, -0.1) is 0 Å². The maximum atomic E-state index is 11.6. The van der Waals surface area contributed by atoms with Crippen molar-refractivity contribution in [1.29, 1.82) is 0 Å². The number of nitrogens with one attached hydrogen (secondary N) is 3. The maximum Gasteiger partial charge on any atom is 0.243 e. The van der Waals surface area contributed by atoms with Gasteiger partial charge in [-0.25, -0.2) is 5.48 Å². The lowest BCUT2D eigenvalue weighted by Crippen LogP contribution is -2.33. The number of carbonyl (C=O) groups is 2. The number of phenols is 1. The standard InChI is InChI=1S/C15H20BrN3O4/c16-13-7-6-12(20)10-11(13)8-9-17-18-14(21)4-2-1-3-5-15(22)19-23/h6-10,17,20,23H,1-5H2,(H,18,21)(H,19,22)/b9-8+. The van der Waals surface area contributed by atoms with E-state index in [0.29, 0.717) is 19.3 Å². The largest absolute Gasteiger partial charge is 0.508 e. The third kappa shape index (κ3) is 8.22. The summed E-state index contributed by atoms with van der Waals surface area (Å²) in [5.74, 6) is -0.414. The minimum Gasteiger partial charge on any atom is -0.508 e. The first-order valence-electron chi connectivity index (χ1n) is 7.15. The molecule has 0 fully saturated rings. The topological polar surface area (TPSA) is 111 Å². The number of aromatic hydroxyl groups is 1. The lowest BCUT2D eigenvalue weighted by Gasteiger charge is -2.05. The van der Waals surface area contributed by atoms with Crippen LogP contribution in [0.15, 0.2) is 28.9 Å². The Morgan fingerprint density at radius 1 is 1.13 bits per heavy atom. The second kappa shape index (κ2) is 10.6. The van der Waals surface area contributed by atoms with Crippen molar-refractivity contribution in [2.45, 2.75) is 32.1 Å². The summed E-state index contributed by atoms with van der Waals surface area (Å²) in [5, 5.41) is 17.7. The zero-order valence-corrected chi connectivity index (χ0v) is 14.1. The molecule has 0 aliphatic rings. The van der Waals surface area contributed by atoms with Gasteiger partial charge in [0.15, 0.2) is 0 Å². The van der Waals surface area contributed by atoms with Crippen LogP contribution in [-0.2, 0) is 9.59 Å². The van der Waals surface area contributed by atoms with Gasteiger partial charge in [0.25, 0.3) is 0 Å². The molecule has 0 atom stereocenters. The highest BCUT2D eigenvalue weighted by atomic mass is 79.9. The van der Waals surface area contributed by atoms with Crippen LogP contribution in [0.3, 0.4) is 0 Å². The van der Waals surface area contributed by atoms with Crippen molar-refractivity contribution in [2.75, 3.05) is 0 Å². The van der Waals surface area contributed by atoms with Crippen LogP contribution in [0.4, 0.5) is 0 Å². The average Bonchev–Trinajstić information content (AvgIpc) is 2.54. The van der Waals surface area contributed by atoms with E-state index in [0.717, 1.165) is 16.5 Å². The monoisotopic (exact) mass is 385 g/mol. The Bertz CT molecular complexity index is 564. The van der Waals surface area contributed by atoms with Crippen molar-refractivity contribution in [3.63, 3.8) is 0 Å². The van der Waals surface area contributed by atoms with E-state index >= 15 is 0 Å². The molecule has 0 unspecified atom stereocenters. The molecule has 23 heavy (non-hydrogen) atoms. The number of hydrogen-bond acceptors (Lipinski definition) is 5. The van der Waals surface area contributed by atoms with Crippen LogP contribution >= 0.6 is 15.9 Å². The fourth-order valence-corrected chi connectivity index (χ4v) is 2.16. The van der Waals surface area contributed by atoms with E-state index in [9.17, 15) is 14.7 Å². The van der Waals surface area contributed by atoms with Crippen molar-refractivity contribution in [2.24, 2.45) is 0 Å². The number of hydrazine groups is 1. The molecule has 126 valence electrons. The number of carbonyl (C=O) groups excluding carboxylic acids is 2. The highest BCUT2D eigenvalue weighted by molar-refractivity contribution is 9.10. The third-order valence-electron chi connectivity index (χ3n) is 2.97. The highest BCUT2D eigenvalue weighted by Crippen LogP contribution is 2.22. The Morgan fingerprint density at radius 2 is 1.83 bits per heavy atom. The number of hydroxylamine groups is 1. The minimum absolute atomic E-state index is 0.156. The fourth-order valence-electron chi connectivity index (χ4n) is 1.78. The first kappa shape index (κ1) is 19.0. The number of rotatable bonds is 9. The van der Waals surface area contributed by atoms with Crippen LogP contribution in [-0.4, -0.2) is 22.1 Å². The summed E-state index contributed by atoms with van der Waals surface area (Å²) < 4.78 is 0.826. The molecular weight excluding hydrogens is 366 g/mol. The SMILES string of the molecule is O=C(CCCCCC(=O)NN/C=C/c1cc(O)ccc1Br)NO. The molecule has 0 spiro atoms. The summed E-state index contributed by atoms with van der Waals surface area (Å²) in [4.78, 5) is 22.3. The van der Waals surface area contributed by atoms with Crippen molar-refractivity contribution >= 4 is 33.8 Å². The van der Waals surface area contributed by atoms with E-state index in [1.807, 2.05) is 0 Å². The number of unbranched alkanes of at least 4 members (excludes halogenated alkanes) is 2. The molecule has 0 saturated carbocycles. The maximum absolute atomic E-state index is 11.6. The van der Waals surface area contributed by atoms with Crippen LogP contribution in [0.2, 0.25) is 0 Å². The Kier molecular flexibility index (Phi) is 8.78. The van der Waals surface area contributed by atoms with Gasteiger partial charge in [0.2, 0.25) is 11.8 Å². The highest BCUT2D eigenvalue weighted by Gasteiger charge is 2.02. The van der Waals surface area contributed by atoms with Gasteiger partial charge in [-0.3, -0.25) is 20.2 Å². The molecule has 8 heteroatoms. The minimum atomic E-state index is -0.417. The van der Waals surface area contributed by atoms with Gasteiger partial charge in [0.05, 0.1) is 0 Å². The molecule has 0 aromatic heterocycles. The molecule has 1 aromatic carbocycles. The lowest BCUT2D eigenvalue weighted by atomic mass is 10.1. The number of phenolic OH excluding ortho intramolecular Hbond substituents is 1. The lowest BCUT2D eigenvalue weighted by molar-refractivity contribution is -0.129. The first-order valence-corrected chi connectivity index (χ1v) is 7.94. The smallest absolute Gasteiger partial charge is 0.243 e. The van der Waals surface area contributed by atoms with E-state index in [4.69, 9.17) is 5.21 Å². The molecular formula is C15H20BrN3O4. The molecule has 1 aromatic rings. The van der Waals surface area contributed by atoms with Crippen LogP contribution in [0.1, 0.15) is 37.7 Å². The fraction of sp³-hybridized carbons (Fsp3) is 0.333. The second-order valence-electron chi connectivity index (χ2n) is 4.83. The summed E-state index contributed by atoms with van der Waals surface area (Å²) in [6.07, 6.45) is 5.87. The van der Waals surface area contributed by atoms with Crippen LogP contribution < -0.4 is 16.3 Å². The molecule has 0 heterocycles. The normalized spacial score (nSPS) is 10.5. The van der Waals surface area contributed by atoms with Gasteiger partial charge in [0, 0.05) is 23.5 Å². The molecule has 7 nitrogen and oxygen atoms in total. The third-order valence-corrected chi connectivity index (χ3v) is 3.69. The Hall–Kier alpha value is -2.06. The number of hydrogen-bond donors (Lipinski definition) is 5. The molecule has 0 radical (unpaired) electrons.